The minimum Gasteiger partial charge on any atom is -0.351 e. The number of nitrogens with one attached hydrogen (secondary N) is 8. The number of aryl methyl sites for hydroxylation is 2. The first-order valence-corrected chi connectivity index (χ1v) is 47.6. The van der Waals surface area contributed by atoms with E-state index in [0.717, 1.165) is 214 Å². The van der Waals surface area contributed by atoms with Gasteiger partial charge in [0.15, 0.2) is 0 Å². The molecule has 0 unspecified atom stereocenters. The predicted molar refractivity (Wildman–Crippen MR) is 547 cm³/mol. The molecule has 0 aliphatic carbocycles. The topological polar surface area (TPSA) is 427 Å². The zero-order valence-electron chi connectivity index (χ0n) is 79.7. The van der Waals surface area contributed by atoms with E-state index in [1.165, 1.54) is 0 Å². The van der Waals surface area contributed by atoms with Gasteiger partial charge < -0.3 is 79.7 Å². The Hall–Kier alpha value is -17.6. The molecule has 14 aromatic heterocycles. The second kappa shape index (κ2) is 43.6. The van der Waals surface area contributed by atoms with Gasteiger partial charge in [0.05, 0.1) is 64.1 Å². The van der Waals surface area contributed by atoms with Gasteiger partial charge in [-0.15, -0.1) is 0 Å². The number of likely N-dealkylation sites (N-methyl/N-ethyl adjacent to an activating group) is 2. The normalized spacial score (nSPS) is 14.2. The van der Waals surface area contributed by atoms with Crippen molar-refractivity contribution in [1.82, 2.24) is 133 Å². The fourth-order valence-electron chi connectivity index (χ4n) is 18.0. The Kier molecular flexibility index (Phi) is 28.8. The Morgan fingerprint density at radius 1 is 0.392 bits per heavy atom. The van der Waals surface area contributed by atoms with Crippen molar-refractivity contribution >= 4 is 126 Å². The lowest BCUT2D eigenvalue weighted by Gasteiger charge is -2.37. The number of hydrogen-bond acceptors (Lipinski definition) is 25. The van der Waals surface area contributed by atoms with Gasteiger partial charge in [0.2, 0.25) is 35.6 Å². The second-order valence-corrected chi connectivity index (χ2v) is 35.7. The molecule has 4 aliphatic rings. The van der Waals surface area contributed by atoms with E-state index in [9.17, 15) is 28.8 Å². The molecule has 8 N–H and O–H groups in total. The fourth-order valence-corrected chi connectivity index (χ4v) is 18.0. The molecule has 0 radical (unpaired) electrons. The first-order valence-electron chi connectivity index (χ1n) is 47.6. The second-order valence-electron chi connectivity index (χ2n) is 35.7. The molecular formula is C106H107N31O6. The van der Waals surface area contributed by atoms with Crippen LogP contribution < -0.4 is 21.3 Å². The minimum atomic E-state index is -0.108. The number of likely N-dealkylation sites (tertiary alicyclic amines) is 3. The maximum Gasteiger partial charge on any atom is 0.270 e. The summed E-state index contributed by atoms with van der Waals surface area (Å²) in [4.78, 5) is 164. The number of fused-ring (bicyclic) bond motifs is 4. The van der Waals surface area contributed by atoms with E-state index in [2.05, 4.69) is 120 Å². The number of pyridine rings is 4. The lowest BCUT2D eigenvalue weighted by molar-refractivity contribution is -0.129. The molecule has 722 valence electrons. The van der Waals surface area contributed by atoms with Gasteiger partial charge in [-0.05, 0) is 208 Å². The Balaban J connectivity index is 0.000000121. The first kappa shape index (κ1) is 94.3. The molecule has 4 aromatic carbocycles. The van der Waals surface area contributed by atoms with Crippen LogP contribution in [-0.4, -0.2) is 261 Å². The molecule has 0 bridgehead atoms. The molecule has 4 saturated heterocycles. The molecule has 37 nitrogen and oxygen atoms in total. The van der Waals surface area contributed by atoms with Crippen LogP contribution >= 0.6 is 0 Å². The van der Waals surface area contributed by atoms with Crippen LogP contribution in [0.25, 0.3) is 89.2 Å². The van der Waals surface area contributed by atoms with E-state index >= 15 is 0 Å². The molecule has 37 heteroatoms. The van der Waals surface area contributed by atoms with E-state index in [1.807, 2.05) is 252 Å². The number of nitrogens with zero attached hydrogens (tertiary/aromatic N) is 23. The number of aromatic amines is 4. The van der Waals surface area contributed by atoms with Gasteiger partial charge in [-0.2, -0.15) is 0 Å². The van der Waals surface area contributed by atoms with Gasteiger partial charge >= 0.3 is 0 Å². The van der Waals surface area contributed by atoms with Crippen LogP contribution in [0.4, 0.5) is 46.5 Å². The number of aromatic nitrogens is 20. The predicted octanol–water partition coefficient (Wildman–Crippen LogP) is 15.4. The van der Waals surface area contributed by atoms with Crippen molar-refractivity contribution in [2.45, 2.75) is 64.0 Å². The summed E-state index contributed by atoms with van der Waals surface area (Å²) in [6, 6.07) is 61.4. The molecule has 4 fully saturated rings. The number of carbonyl (C=O) groups excluding carboxylic acids is 6. The molecule has 4 aliphatic heterocycles. The molecule has 6 amide bonds. The molecule has 18 heterocycles. The third-order valence-corrected chi connectivity index (χ3v) is 26.0. The van der Waals surface area contributed by atoms with Crippen LogP contribution in [0.3, 0.4) is 0 Å². The zero-order valence-corrected chi connectivity index (χ0v) is 79.7. The maximum atomic E-state index is 13.3. The maximum absolute atomic E-state index is 13.3. The number of H-pyrrole nitrogens is 4. The van der Waals surface area contributed by atoms with Crippen LogP contribution in [-0.2, 0) is 36.6 Å². The number of rotatable bonds is 24. The summed E-state index contributed by atoms with van der Waals surface area (Å²) < 4.78 is 3.98. The Morgan fingerprint density at radius 3 is 1.19 bits per heavy atom. The Morgan fingerprint density at radius 2 is 0.804 bits per heavy atom. The number of amides is 6. The van der Waals surface area contributed by atoms with Crippen LogP contribution in [0.2, 0.25) is 0 Å². The number of imidazole rings is 2. The lowest BCUT2D eigenvalue weighted by Crippen LogP contribution is -2.47. The highest BCUT2D eigenvalue weighted by Crippen LogP contribution is 2.33. The van der Waals surface area contributed by atoms with Gasteiger partial charge in [0.1, 0.15) is 28.6 Å². The molecule has 22 rings (SSSR count). The van der Waals surface area contributed by atoms with Crippen molar-refractivity contribution in [1.29, 1.82) is 0 Å². The van der Waals surface area contributed by atoms with Crippen molar-refractivity contribution in [2.24, 2.45) is 20.0 Å². The summed E-state index contributed by atoms with van der Waals surface area (Å²) in [6.45, 7) is 7.75. The Bertz CT molecular complexity index is 7540. The van der Waals surface area contributed by atoms with Crippen LogP contribution in [0.1, 0.15) is 98.4 Å². The molecule has 0 saturated carbocycles. The quantitative estimate of drug-likeness (QED) is 0.0278. The third kappa shape index (κ3) is 23.2. The smallest absolute Gasteiger partial charge is 0.270 e. The van der Waals surface area contributed by atoms with E-state index in [4.69, 9.17) is 0 Å². The monoisotopic (exact) mass is 1910 g/mol. The summed E-state index contributed by atoms with van der Waals surface area (Å²) in [5.74, 6) is 3.83. The third-order valence-electron chi connectivity index (χ3n) is 26.0. The first-order chi connectivity index (χ1) is 69.8. The van der Waals surface area contributed by atoms with Gasteiger partial charge in [0.25, 0.3) is 23.6 Å². The van der Waals surface area contributed by atoms with Crippen molar-refractivity contribution in [3.05, 3.63) is 303 Å². The number of carbonyl (C=O) groups is 6. The van der Waals surface area contributed by atoms with Crippen molar-refractivity contribution in [3.8, 4) is 45.6 Å². The summed E-state index contributed by atoms with van der Waals surface area (Å²) in [7, 11) is 9.35. The zero-order chi connectivity index (χ0) is 98.2. The standard InChI is InChI=1S/C29H32N8O2.C28H28N8O.C25H25N7O2.C24H22N8O/c1-35-16-17-36(15-10-27(35)38)22-8-13-37(14-9-22)28(39)26-19-20-18-21(5-6-23(20)33-26)32-29-31-12-7-25(34-29)24-4-2-3-11-30-24;1-35-15-12-30-26(35)16-19-8-13-36(14-9-19)27(37)25-18-20-17-21(5-6-22(20)33-25)32-28-31-11-7-24(34-28)23-4-2-3-10-29-23;1-31(13-14-32-12-4-6-23(32)33)24(34)22-16-17-15-18(7-8-19(17)29-22)28-25-27-11-9-21(30-25)20-5-2-3-10-26-20;1-31(14-18-13-25-15-32(18)2)23(33)22-12-16-11-17(6-7-19(16)29-22)28-24-27-10-8-21(30-24)20-5-3-4-9-26-20/h2-7,11-12,18-19,22,33H,8-10,13-17H2,1H3,(H,31,32,34);2-7,10-12,15,17-19,33H,8-9,13-14,16H2,1H3,(H,31,32,34);2-3,5,7-11,15-16,29H,4,6,12-14H2,1H3,(H,27,28,30);3-13,15,29H,14H2,1-2H3,(H,27,28,30). The van der Waals surface area contributed by atoms with Crippen LogP contribution in [0.5, 0.6) is 0 Å². The fraction of sp³-hybridized carbons (Fsp3) is 0.245. The lowest BCUT2D eigenvalue weighted by atomic mass is 9.93. The average molecular weight is 1910 g/mol. The summed E-state index contributed by atoms with van der Waals surface area (Å²) in [5.41, 5.74) is 16.2. The SMILES string of the molecule is CN(CCN1CCCC1=O)C(=O)c1cc2cc(Nc3nccc(-c4ccccn4)n3)ccc2[nH]1.CN(Cc1cncn1C)C(=O)c1cc2cc(Nc3nccc(-c4ccccn4)n3)ccc2[nH]1.CN1CCN(C2CCN(C(=O)c3cc4cc(Nc5nccc(-c6ccccn6)n5)ccc4[nH]3)CC2)CCC1=O.Cn1ccnc1CC1CCN(C(=O)c2cc3cc(Nc4nccc(-c5ccccn5)n4)ccc3[nH]2)CC1. The van der Waals surface area contributed by atoms with Gasteiger partial charge in [-0.1, -0.05) is 24.3 Å². The van der Waals surface area contributed by atoms with E-state index in [1.54, 1.807) is 86.0 Å². The molecular weight excluding hydrogens is 1800 g/mol. The molecule has 0 atom stereocenters. The summed E-state index contributed by atoms with van der Waals surface area (Å²) in [6.07, 6.45) is 27.9. The number of hydrogen-bond donors (Lipinski definition) is 8. The number of piperidine rings is 2. The van der Waals surface area contributed by atoms with E-state index < -0.39 is 0 Å². The molecule has 143 heavy (non-hydrogen) atoms. The van der Waals surface area contributed by atoms with Crippen LogP contribution in [0.15, 0.2) is 269 Å². The highest BCUT2D eigenvalue weighted by atomic mass is 16.2. The van der Waals surface area contributed by atoms with E-state index in [-0.39, 0.29) is 35.4 Å². The number of benzene rings is 4. The van der Waals surface area contributed by atoms with Gasteiger partial charge in [-0.3, -0.25) is 53.6 Å². The highest BCUT2D eigenvalue weighted by Gasteiger charge is 2.32. The van der Waals surface area contributed by atoms with Gasteiger partial charge in [-0.25, -0.2) is 49.8 Å². The van der Waals surface area contributed by atoms with Gasteiger partial charge in [0, 0.05) is 261 Å². The van der Waals surface area contributed by atoms with Crippen molar-refractivity contribution in [3.63, 3.8) is 0 Å². The Labute approximate surface area is 823 Å². The van der Waals surface area contributed by atoms with E-state index in [0.29, 0.717) is 91.0 Å². The highest BCUT2D eigenvalue weighted by molar-refractivity contribution is 6.02. The largest absolute Gasteiger partial charge is 0.351 e. The molecule has 18 aromatic rings. The summed E-state index contributed by atoms with van der Waals surface area (Å²) in [5, 5.41) is 16.7. The number of anilines is 8. The summed E-state index contributed by atoms with van der Waals surface area (Å²) >= 11 is 0. The average Bonchev–Trinajstić information content (AvgIpc) is 1.67. The molecule has 0 spiro atoms. The van der Waals surface area contributed by atoms with Crippen molar-refractivity contribution in [2.75, 3.05) is 108 Å². The van der Waals surface area contributed by atoms with Crippen LogP contribution in [0, 0.1) is 5.92 Å². The van der Waals surface area contributed by atoms with Crippen molar-refractivity contribution < 1.29 is 28.8 Å². The minimum absolute atomic E-state index is 0.0244.